The number of nitrogens with zero attached hydrogens (tertiary/aromatic N) is 1. The van der Waals surface area contributed by atoms with Gasteiger partial charge in [0.15, 0.2) is 23.2 Å². The van der Waals surface area contributed by atoms with Crippen molar-refractivity contribution in [1.82, 2.24) is 5.16 Å². The highest BCUT2D eigenvalue weighted by Crippen LogP contribution is 2.75. The first kappa shape index (κ1) is 28.7. The van der Waals surface area contributed by atoms with Crippen LogP contribution in [-0.2, 0) is 31.9 Å². The second-order valence-corrected chi connectivity index (χ2v) is 12.5. The van der Waals surface area contributed by atoms with Crippen LogP contribution in [0.1, 0.15) is 76.7 Å². The zero-order chi connectivity index (χ0) is 29.6. The number of aromatic nitrogens is 1. The SMILES string of the molecule is CCc1noc(CC)c1C(=O)O[C@H]1C(C)=CC23C(=O)[C@@H](C=C(CO)[C@@H](O)[C@]12O)[C@@H]1C(C)(C)[C@]1(OC(C)=O)CC3C. The first-order chi connectivity index (χ1) is 18.7. The molecule has 4 aliphatic rings. The van der Waals surface area contributed by atoms with E-state index < -0.39 is 70.5 Å². The van der Waals surface area contributed by atoms with Gasteiger partial charge in [0, 0.05) is 30.6 Å². The van der Waals surface area contributed by atoms with Crippen molar-refractivity contribution in [2.45, 2.75) is 91.1 Å². The Balaban J connectivity index is 1.67. The summed E-state index contributed by atoms with van der Waals surface area (Å²) in [4.78, 5) is 40.5. The fourth-order valence-electron chi connectivity index (χ4n) is 8.39. The van der Waals surface area contributed by atoms with Crippen molar-refractivity contribution in [3.05, 3.63) is 40.3 Å². The first-order valence-electron chi connectivity index (χ1n) is 14.0. The predicted octanol–water partition coefficient (Wildman–Crippen LogP) is 2.48. The summed E-state index contributed by atoms with van der Waals surface area (Å²) in [5, 5.41) is 38.7. The molecule has 1 heterocycles. The van der Waals surface area contributed by atoms with E-state index in [1.54, 1.807) is 19.9 Å². The van der Waals surface area contributed by atoms with Crippen LogP contribution in [0.3, 0.4) is 0 Å². The van der Waals surface area contributed by atoms with Crippen LogP contribution < -0.4 is 0 Å². The number of carbonyl (C=O) groups is 3. The minimum absolute atomic E-state index is 0.0499. The number of carbonyl (C=O) groups excluding carboxylic acids is 3. The number of ketones is 1. The Bertz CT molecular complexity index is 1320. The van der Waals surface area contributed by atoms with Crippen LogP contribution in [0.2, 0.25) is 0 Å². The average Bonchev–Trinajstić information content (AvgIpc) is 3.15. The van der Waals surface area contributed by atoms with Gasteiger partial charge in [0.2, 0.25) is 0 Å². The number of aryl methyl sites for hydroxylation is 2. The van der Waals surface area contributed by atoms with Gasteiger partial charge in [-0.2, -0.15) is 0 Å². The lowest BCUT2D eigenvalue weighted by atomic mass is 9.59. The third-order valence-electron chi connectivity index (χ3n) is 10.3. The van der Waals surface area contributed by atoms with Gasteiger partial charge in [-0.15, -0.1) is 0 Å². The van der Waals surface area contributed by atoms with Gasteiger partial charge in [-0.25, -0.2) is 4.79 Å². The quantitative estimate of drug-likeness (QED) is 0.351. The largest absolute Gasteiger partial charge is 0.458 e. The number of Topliss-reactive ketones (excluding diaryl/α,β-unsaturated/α-hetero) is 1. The van der Waals surface area contributed by atoms with E-state index in [-0.39, 0.29) is 23.3 Å². The van der Waals surface area contributed by atoms with Crippen molar-refractivity contribution >= 4 is 17.7 Å². The lowest BCUT2D eigenvalue weighted by Crippen LogP contribution is -2.66. The molecule has 0 radical (unpaired) electrons. The van der Waals surface area contributed by atoms with Gasteiger partial charge in [-0.1, -0.05) is 51.9 Å². The summed E-state index contributed by atoms with van der Waals surface area (Å²) in [5.74, 6) is -3.20. The van der Waals surface area contributed by atoms with E-state index in [1.807, 2.05) is 27.7 Å². The molecule has 2 bridgehead atoms. The summed E-state index contributed by atoms with van der Waals surface area (Å²) in [6.07, 6.45) is 1.06. The Morgan fingerprint density at radius 2 is 1.90 bits per heavy atom. The first-order valence-corrected chi connectivity index (χ1v) is 14.0. The maximum atomic E-state index is 14.7. The monoisotopic (exact) mass is 557 g/mol. The molecule has 10 heteroatoms. The van der Waals surface area contributed by atoms with Crippen molar-refractivity contribution in [1.29, 1.82) is 0 Å². The number of aliphatic hydroxyl groups is 3. The third-order valence-corrected chi connectivity index (χ3v) is 10.3. The Morgan fingerprint density at radius 1 is 1.23 bits per heavy atom. The highest BCUT2D eigenvalue weighted by atomic mass is 16.6. The second kappa shape index (κ2) is 9.09. The van der Waals surface area contributed by atoms with Crippen LogP contribution >= 0.6 is 0 Å². The van der Waals surface area contributed by atoms with E-state index in [4.69, 9.17) is 14.0 Å². The summed E-state index contributed by atoms with van der Waals surface area (Å²) in [7, 11) is 0. The van der Waals surface area contributed by atoms with Crippen LogP contribution in [0.4, 0.5) is 0 Å². The molecule has 5 rings (SSSR count). The Kier molecular flexibility index (Phi) is 6.52. The van der Waals surface area contributed by atoms with E-state index in [0.29, 0.717) is 29.9 Å². The topological polar surface area (TPSA) is 156 Å². The van der Waals surface area contributed by atoms with Gasteiger partial charge in [0.1, 0.15) is 17.3 Å². The highest BCUT2D eigenvalue weighted by Gasteiger charge is 2.83. The standard InChI is InChI=1S/C30H39NO9/c1-8-19-21(20(9-2)40-31-19)26(36)38-25-14(3)11-28-15(4)12-29(39-16(5)33)22(27(29,6)7)18(24(28)35)10-17(13-32)23(34)30(25,28)37/h10-11,15,18,22-23,25,32,34,37H,8-9,12-13H2,1-7H3/t15?,18-,22+,23+,25-,28?,29-,30-/m0/s1. The molecule has 3 N–H and O–H groups in total. The van der Waals surface area contributed by atoms with E-state index in [0.717, 1.165) is 0 Å². The molecule has 0 saturated heterocycles. The number of rotatable bonds is 6. The number of allylic oxidation sites excluding steroid dienone is 1. The summed E-state index contributed by atoms with van der Waals surface area (Å²) in [6, 6.07) is 0. The minimum Gasteiger partial charge on any atom is -0.458 e. The fraction of sp³-hybridized carbons (Fsp3) is 0.667. The minimum atomic E-state index is -2.33. The summed E-state index contributed by atoms with van der Waals surface area (Å²) < 4.78 is 17.3. The Morgan fingerprint density at radius 3 is 2.48 bits per heavy atom. The normalized spacial score (nSPS) is 39.2. The molecule has 0 aliphatic heterocycles. The molecule has 0 aromatic carbocycles. The molecule has 10 nitrogen and oxygen atoms in total. The van der Waals surface area contributed by atoms with Gasteiger partial charge in [-0.3, -0.25) is 9.59 Å². The number of fused-ring (bicyclic) bond motifs is 3. The van der Waals surface area contributed by atoms with Gasteiger partial charge >= 0.3 is 11.9 Å². The average molecular weight is 558 g/mol. The van der Waals surface area contributed by atoms with Crippen molar-refractivity contribution in [2.24, 2.45) is 28.6 Å². The molecule has 218 valence electrons. The lowest BCUT2D eigenvalue weighted by Gasteiger charge is -2.49. The van der Waals surface area contributed by atoms with E-state index in [1.165, 1.54) is 13.0 Å². The molecular weight excluding hydrogens is 518 g/mol. The molecular formula is C30H39NO9. The zero-order valence-corrected chi connectivity index (χ0v) is 24.1. The molecule has 40 heavy (non-hydrogen) atoms. The predicted molar refractivity (Wildman–Crippen MR) is 141 cm³/mol. The third kappa shape index (κ3) is 3.32. The van der Waals surface area contributed by atoms with Crippen LogP contribution in [-0.4, -0.2) is 68.2 Å². The van der Waals surface area contributed by atoms with Crippen molar-refractivity contribution in [2.75, 3.05) is 6.61 Å². The van der Waals surface area contributed by atoms with Gasteiger partial charge < -0.3 is 29.3 Å². The van der Waals surface area contributed by atoms with E-state index >= 15 is 0 Å². The molecule has 0 amide bonds. The van der Waals surface area contributed by atoms with Crippen LogP contribution in [0.5, 0.6) is 0 Å². The van der Waals surface area contributed by atoms with Crippen molar-refractivity contribution < 1.29 is 43.7 Å². The van der Waals surface area contributed by atoms with Crippen LogP contribution in [0.15, 0.2) is 27.8 Å². The molecule has 8 atom stereocenters. The number of hydrogen-bond acceptors (Lipinski definition) is 10. The summed E-state index contributed by atoms with van der Waals surface area (Å²) >= 11 is 0. The summed E-state index contributed by atoms with van der Waals surface area (Å²) in [6.45, 7) is 11.7. The molecule has 2 unspecified atom stereocenters. The lowest BCUT2D eigenvalue weighted by molar-refractivity contribution is -0.192. The Labute approximate surface area is 233 Å². The maximum Gasteiger partial charge on any atom is 0.344 e. The molecule has 2 fully saturated rings. The maximum absolute atomic E-state index is 14.7. The molecule has 1 spiro atoms. The van der Waals surface area contributed by atoms with Crippen LogP contribution in [0, 0.1) is 28.6 Å². The van der Waals surface area contributed by atoms with E-state index in [2.05, 4.69) is 5.16 Å². The van der Waals surface area contributed by atoms with Gasteiger partial charge in [0.25, 0.3) is 0 Å². The van der Waals surface area contributed by atoms with Gasteiger partial charge in [0.05, 0.1) is 17.7 Å². The van der Waals surface area contributed by atoms with Gasteiger partial charge in [-0.05, 0) is 36.8 Å². The molecule has 4 aliphatic carbocycles. The van der Waals surface area contributed by atoms with Crippen molar-refractivity contribution in [3.63, 3.8) is 0 Å². The summed E-state index contributed by atoms with van der Waals surface area (Å²) in [5.41, 5.74) is -4.54. The smallest absolute Gasteiger partial charge is 0.344 e. The van der Waals surface area contributed by atoms with E-state index in [9.17, 15) is 29.7 Å². The second-order valence-electron chi connectivity index (χ2n) is 12.5. The number of ether oxygens (including phenoxy) is 2. The molecule has 1 aromatic rings. The molecule has 1 aromatic heterocycles. The van der Waals surface area contributed by atoms with Crippen LogP contribution in [0.25, 0.3) is 0 Å². The zero-order valence-electron chi connectivity index (χ0n) is 24.1. The number of hydrogen-bond donors (Lipinski definition) is 3. The fourth-order valence-corrected chi connectivity index (χ4v) is 8.39. The van der Waals surface area contributed by atoms with Crippen molar-refractivity contribution in [3.8, 4) is 0 Å². The highest BCUT2D eigenvalue weighted by molar-refractivity contribution is 5.96. The Hall–Kier alpha value is -2.82. The number of esters is 2. The molecule has 2 saturated carbocycles. The number of aliphatic hydroxyl groups excluding tert-OH is 2.